The predicted molar refractivity (Wildman–Crippen MR) is 95.9 cm³/mol. The Morgan fingerprint density at radius 3 is 2.58 bits per heavy atom. The Labute approximate surface area is 140 Å². The number of nitrogens with one attached hydrogen (secondary N) is 1. The summed E-state index contributed by atoms with van der Waals surface area (Å²) in [6, 6.07) is 11.6. The van der Waals surface area contributed by atoms with E-state index < -0.39 is 16.8 Å². The highest BCUT2D eigenvalue weighted by atomic mass is 32.2. The van der Waals surface area contributed by atoms with Gasteiger partial charge in [-0.1, -0.05) is 18.2 Å². The molecule has 0 aliphatic heterocycles. The fourth-order valence-corrected chi connectivity index (χ4v) is 3.05. The highest BCUT2D eigenvalue weighted by Gasteiger charge is 2.10. The quantitative estimate of drug-likeness (QED) is 0.787. The number of aromatic nitrogens is 1. The number of aryl methyl sites for hydroxylation is 1. The van der Waals surface area contributed by atoms with Crippen LogP contribution in [0.5, 0.6) is 0 Å². The zero-order chi connectivity index (χ0) is 16.6. The van der Waals surface area contributed by atoms with Gasteiger partial charge >= 0.3 is 0 Å². The topological polar surface area (TPSA) is 82.6 Å². The van der Waals surface area contributed by atoms with Crippen LogP contribution in [0.4, 0.5) is 10.1 Å². The second-order valence-corrected chi connectivity index (χ2v) is 6.40. The molecule has 0 amide bonds. The summed E-state index contributed by atoms with van der Waals surface area (Å²) in [7, 11) is 0.464. The number of halogens is 1. The first-order valence-corrected chi connectivity index (χ1v) is 8.51. The maximum Gasteiger partial charge on any atom is 0.258 e. The minimum absolute atomic E-state index is 0. The summed E-state index contributed by atoms with van der Waals surface area (Å²) in [5.41, 5.74) is 2.14. The lowest BCUT2D eigenvalue weighted by Gasteiger charge is -2.11. The van der Waals surface area contributed by atoms with Crippen molar-refractivity contribution >= 4 is 27.4 Å². The third kappa shape index (κ3) is 3.37. The smallest absolute Gasteiger partial charge is 0.258 e. The lowest BCUT2D eigenvalue weighted by atomic mass is 10.00. The molecule has 2 aromatic carbocycles. The largest absolute Gasteiger partial charge is 0.412 e. The average Bonchev–Trinajstić information content (AvgIpc) is 2.50. The van der Waals surface area contributed by atoms with Crippen LogP contribution < -0.4 is 10.3 Å². The van der Waals surface area contributed by atoms with Crippen LogP contribution in [0, 0.1) is 5.82 Å². The summed E-state index contributed by atoms with van der Waals surface area (Å²) in [5, 5.41) is 1.02. The molecule has 0 fully saturated rings. The molecule has 24 heavy (non-hydrogen) atoms. The van der Waals surface area contributed by atoms with Gasteiger partial charge in [-0.05, 0) is 35.2 Å². The fraction of sp³-hybridized carbons (Fsp3) is 0.118. The van der Waals surface area contributed by atoms with Crippen LogP contribution in [0.25, 0.3) is 21.9 Å². The van der Waals surface area contributed by atoms with Crippen molar-refractivity contribution < 1.29 is 14.1 Å². The first-order valence-electron chi connectivity index (χ1n) is 6.95. The van der Waals surface area contributed by atoms with E-state index in [0.717, 1.165) is 11.1 Å². The van der Waals surface area contributed by atoms with E-state index in [1.165, 1.54) is 16.7 Å². The molecule has 3 rings (SSSR count). The van der Waals surface area contributed by atoms with Gasteiger partial charge in [0.15, 0.2) is 0 Å². The SMILES string of the molecule is Cn1cc(-c2cccc(NS(C)=O)c2)c2ccc(F)cc2c1=O.O. The van der Waals surface area contributed by atoms with Crippen molar-refractivity contribution in [2.24, 2.45) is 7.05 Å². The van der Waals surface area contributed by atoms with Gasteiger partial charge in [0, 0.05) is 30.8 Å². The Hall–Kier alpha value is -2.51. The monoisotopic (exact) mass is 348 g/mol. The second-order valence-electron chi connectivity index (χ2n) is 5.29. The van der Waals surface area contributed by atoms with Crippen molar-refractivity contribution in [2.45, 2.75) is 0 Å². The number of fused-ring (bicyclic) bond motifs is 1. The molecule has 0 bridgehead atoms. The summed E-state index contributed by atoms with van der Waals surface area (Å²) in [6.07, 6.45) is 3.28. The molecule has 0 spiro atoms. The van der Waals surface area contributed by atoms with E-state index in [0.29, 0.717) is 16.5 Å². The van der Waals surface area contributed by atoms with Crippen LogP contribution in [0.15, 0.2) is 53.5 Å². The molecule has 3 N–H and O–H groups in total. The van der Waals surface area contributed by atoms with Crippen LogP contribution in [-0.2, 0) is 18.0 Å². The van der Waals surface area contributed by atoms with Crippen LogP contribution in [0.3, 0.4) is 0 Å². The molecular formula is C17H17FN2O3S. The lowest BCUT2D eigenvalue weighted by molar-refractivity contribution is 0.629. The Morgan fingerprint density at radius 2 is 1.88 bits per heavy atom. The van der Waals surface area contributed by atoms with Crippen molar-refractivity contribution in [2.75, 3.05) is 11.0 Å². The molecule has 126 valence electrons. The van der Waals surface area contributed by atoms with Gasteiger partial charge < -0.3 is 14.8 Å². The number of nitrogens with zero attached hydrogens (tertiary/aromatic N) is 1. The highest BCUT2D eigenvalue weighted by Crippen LogP contribution is 2.29. The van der Waals surface area contributed by atoms with E-state index in [9.17, 15) is 13.4 Å². The van der Waals surface area contributed by atoms with Crippen LogP contribution in [0.1, 0.15) is 0 Å². The zero-order valence-electron chi connectivity index (χ0n) is 13.2. The Balaban J connectivity index is 0.00000208. The van der Waals surface area contributed by atoms with Crippen molar-refractivity contribution in [1.82, 2.24) is 4.57 Å². The van der Waals surface area contributed by atoms with Gasteiger partial charge in [0.05, 0.1) is 5.39 Å². The first-order chi connectivity index (χ1) is 11.0. The summed E-state index contributed by atoms with van der Waals surface area (Å²) >= 11 is 0. The van der Waals surface area contributed by atoms with E-state index in [2.05, 4.69) is 4.72 Å². The fourth-order valence-electron chi connectivity index (χ4n) is 2.59. The molecule has 0 radical (unpaired) electrons. The van der Waals surface area contributed by atoms with Crippen molar-refractivity contribution in [1.29, 1.82) is 0 Å². The molecule has 1 atom stereocenters. The summed E-state index contributed by atoms with van der Waals surface area (Å²) in [4.78, 5) is 12.2. The third-order valence-electron chi connectivity index (χ3n) is 3.58. The summed E-state index contributed by atoms with van der Waals surface area (Å²) in [6.45, 7) is 0. The lowest BCUT2D eigenvalue weighted by Crippen LogP contribution is -2.16. The minimum atomic E-state index is -1.17. The Bertz CT molecular complexity index is 985. The number of benzene rings is 2. The Kier molecular flexibility index (Phi) is 5.16. The molecule has 0 saturated heterocycles. The predicted octanol–water partition coefficient (Wildman–Crippen LogP) is 2.23. The van der Waals surface area contributed by atoms with Crippen molar-refractivity contribution in [3.8, 4) is 11.1 Å². The third-order valence-corrected chi connectivity index (χ3v) is 4.10. The van der Waals surface area contributed by atoms with Crippen LogP contribution in [-0.4, -0.2) is 20.5 Å². The van der Waals surface area contributed by atoms with Crippen LogP contribution >= 0.6 is 0 Å². The number of rotatable bonds is 3. The molecule has 1 heterocycles. The molecule has 1 aromatic heterocycles. The van der Waals surface area contributed by atoms with Gasteiger partial charge in [-0.15, -0.1) is 0 Å². The highest BCUT2D eigenvalue weighted by molar-refractivity contribution is 7.85. The molecule has 0 saturated carbocycles. The maximum absolute atomic E-state index is 13.5. The van der Waals surface area contributed by atoms with Gasteiger partial charge in [0.2, 0.25) is 0 Å². The standard InChI is InChI=1S/C17H15FN2O2S.H2O/c1-20-10-16(11-4-3-5-13(8-11)19-23(2)22)14-7-6-12(18)9-15(14)17(20)21;/h3-10,19H,1-2H3;1H2. The van der Waals surface area contributed by atoms with E-state index in [-0.39, 0.29) is 11.0 Å². The first kappa shape index (κ1) is 17.8. The summed E-state index contributed by atoms with van der Waals surface area (Å²) in [5.74, 6) is -0.441. The number of hydrogen-bond acceptors (Lipinski definition) is 2. The maximum atomic E-state index is 13.5. The molecule has 1 unspecified atom stereocenters. The Morgan fingerprint density at radius 1 is 1.12 bits per heavy atom. The van der Waals surface area contributed by atoms with Gasteiger partial charge in [0.1, 0.15) is 16.8 Å². The molecular weight excluding hydrogens is 331 g/mol. The van der Waals surface area contributed by atoms with Gasteiger partial charge in [0.25, 0.3) is 5.56 Å². The molecule has 7 heteroatoms. The van der Waals surface area contributed by atoms with Gasteiger partial charge in [-0.3, -0.25) is 4.79 Å². The minimum Gasteiger partial charge on any atom is -0.412 e. The van der Waals surface area contributed by atoms with Crippen molar-refractivity contribution in [3.05, 3.63) is 64.8 Å². The number of anilines is 1. The van der Waals surface area contributed by atoms with E-state index in [1.807, 2.05) is 24.3 Å². The number of hydrogen-bond donors (Lipinski definition) is 1. The van der Waals surface area contributed by atoms with E-state index >= 15 is 0 Å². The molecule has 0 aliphatic rings. The van der Waals surface area contributed by atoms with E-state index in [4.69, 9.17) is 0 Å². The average molecular weight is 348 g/mol. The second kappa shape index (κ2) is 6.94. The van der Waals surface area contributed by atoms with Crippen LogP contribution in [0.2, 0.25) is 0 Å². The van der Waals surface area contributed by atoms with Gasteiger partial charge in [-0.2, -0.15) is 0 Å². The number of pyridine rings is 1. The normalized spacial score (nSPS) is 11.8. The molecule has 0 aliphatic carbocycles. The van der Waals surface area contributed by atoms with Gasteiger partial charge in [-0.25, -0.2) is 8.60 Å². The summed E-state index contributed by atoms with van der Waals surface area (Å²) < 4.78 is 29.1. The molecule has 5 nitrogen and oxygen atoms in total. The zero-order valence-corrected chi connectivity index (χ0v) is 14.0. The molecule has 3 aromatic rings. The van der Waals surface area contributed by atoms with E-state index in [1.54, 1.807) is 25.6 Å². The van der Waals surface area contributed by atoms with Crippen molar-refractivity contribution in [3.63, 3.8) is 0 Å².